The molecule has 0 aliphatic heterocycles. The van der Waals surface area contributed by atoms with Gasteiger partial charge in [-0.1, -0.05) is 32.0 Å². The van der Waals surface area contributed by atoms with Crippen molar-refractivity contribution in [3.05, 3.63) is 40.7 Å². The third kappa shape index (κ3) is 2.52. The molecule has 1 unspecified atom stereocenters. The van der Waals surface area contributed by atoms with E-state index in [2.05, 4.69) is 5.32 Å². The SMILES string of the molecule is CC(C)C(Nc1cc(=O)n(C)c2ccccc12)C(N)=O. The molecule has 0 saturated carbocycles. The molecule has 1 amide bonds. The lowest BCUT2D eigenvalue weighted by Gasteiger charge is -2.21. The molecule has 1 aromatic carbocycles. The Morgan fingerprint density at radius 1 is 1.30 bits per heavy atom. The van der Waals surface area contributed by atoms with Crippen LogP contribution in [0.1, 0.15) is 13.8 Å². The number of rotatable bonds is 4. The Kier molecular flexibility index (Phi) is 3.79. The fourth-order valence-corrected chi connectivity index (χ4v) is 2.26. The molecule has 3 N–H and O–H groups in total. The molecule has 1 atom stereocenters. The largest absolute Gasteiger partial charge is 0.373 e. The number of hydrogen-bond acceptors (Lipinski definition) is 3. The predicted octanol–water partition coefficient (Wildman–Crippen LogP) is 1.46. The number of para-hydroxylation sites is 1. The average molecular weight is 273 g/mol. The van der Waals surface area contributed by atoms with E-state index in [-0.39, 0.29) is 11.5 Å². The number of anilines is 1. The number of carbonyl (C=O) groups excluding carboxylic acids is 1. The molecule has 2 rings (SSSR count). The lowest BCUT2D eigenvalue weighted by atomic mass is 10.0. The standard InChI is InChI=1S/C15H19N3O2/c1-9(2)14(15(16)20)17-11-8-13(19)18(3)12-7-5-4-6-10(11)12/h4-9,14,17H,1-3H3,(H2,16,20). The summed E-state index contributed by atoms with van der Waals surface area (Å²) in [7, 11) is 1.72. The normalized spacial score (nSPS) is 12.6. The van der Waals surface area contributed by atoms with Crippen molar-refractivity contribution < 1.29 is 4.79 Å². The maximum Gasteiger partial charge on any atom is 0.252 e. The number of aryl methyl sites for hydroxylation is 1. The van der Waals surface area contributed by atoms with Crippen LogP contribution in [0.4, 0.5) is 5.69 Å². The van der Waals surface area contributed by atoms with Crippen LogP contribution in [0.15, 0.2) is 35.1 Å². The third-order valence-corrected chi connectivity index (χ3v) is 3.44. The van der Waals surface area contributed by atoms with Crippen LogP contribution in [0.5, 0.6) is 0 Å². The van der Waals surface area contributed by atoms with Crippen molar-refractivity contribution in [3.63, 3.8) is 0 Å². The monoisotopic (exact) mass is 273 g/mol. The van der Waals surface area contributed by atoms with E-state index in [1.807, 2.05) is 38.1 Å². The summed E-state index contributed by atoms with van der Waals surface area (Å²) in [6, 6.07) is 8.55. The molecule has 1 aromatic heterocycles. The molecule has 0 bridgehead atoms. The van der Waals surface area contributed by atoms with Gasteiger partial charge in [-0.25, -0.2) is 0 Å². The van der Waals surface area contributed by atoms with E-state index in [1.54, 1.807) is 11.6 Å². The number of primary amides is 1. The number of nitrogens with one attached hydrogen (secondary N) is 1. The summed E-state index contributed by atoms with van der Waals surface area (Å²) in [5.41, 5.74) is 6.74. The van der Waals surface area contributed by atoms with E-state index in [0.717, 1.165) is 10.9 Å². The van der Waals surface area contributed by atoms with E-state index >= 15 is 0 Å². The van der Waals surface area contributed by atoms with Crippen molar-refractivity contribution in [2.24, 2.45) is 18.7 Å². The van der Waals surface area contributed by atoms with E-state index in [4.69, 9.17) is 5.73 Å². The first kappa shape index (κ1) is 14.1. The highest BCUT2D eigenvalue weighted by atomic mass is 16.1. The Balaban J connectivity index is 2.57. The van der Waals surface area contributed by atoms with Gasteiger partial charge in [0, 0.05) is 24.2 Å². The van der Waals surface area contributed by atoms with Crippen molar-refractivity contribution >= 4 is 22.5 Å². The van der Waals surface area contributed by atoms with Crippen molar-refractivity contribution in [2.45, 2.75) is 19.9 Å². The Morgan fingerprint density at radius 2 is 1.95 bits per heavy atom. The highest BCUT2D eigenvalue weighted by Crippen LogP contribution is 2.22. The molecule has 5 heteroatoms. The van der Waals surface area contributed by atoms with Gasteiger partial charge in [-0.3, -0.25) is 9.59 Å². The molecule has 0 fully saturated rings. The van der Waals surface area contributed by atoms with Gasteiger partial charge in [0.2, 0.25) is 5.91 Å². The molecular formula is C15H19N3O2. The summed E-state index contributed by atoms with van der Waals surface area (Å²) in [4.78, 5) is 23.5. The number of carbonyl (C=O) groups is 1. The second-order valence-corrected chi connectivity index (χ2v) is 5.24. The van der Waals surface area contributed by atoms with E-state index in [0.29, 0.717) is 5.69 Å². The van der Waals surface area contributed by atoms with Gasteiger partial charge in [0.15, 0.2) is 0 Å². The first-order valence-corrected chi connectivity index (χ1v) is 6.56. The minimum Gasteiger partial charge on any atom is -0.373 e. The number of nitrogens with zero attached hydrogens (tertiary/aromatic N) is 1. The molecular weight excluding hydrogens is 254 g/mol. The number of benzene rings is 1. The van der Waals surface area contributed by atoms with E-state index in [1.165, 1.54) is 6.07 Å². The Labute approximate surface area is 117 Å². The van der Waals surface area contributed by atoms with Gasteiger partial charge in [-0.15, -0.1) is 0 Å². The number of fused-ring (bicyclic) bond motifs is 1. The summed E-state index contributed by atoms with van der Waals surface area (Å²) in [6.45, 7) is 3.82. The van der Waals surface area contributed by atoms with E-state index < -0.39 is 11.9 Å². The number of pyridine rings is 1. The minimum absolute atomic E-state index is 0.0373. The van der Waals surface area contributed by atoms with Crippen molar-refractivity contribution in [3.8, 4) is 0 Å². The van der Waals surface area contributed by atoms with Crippen LogP contribution in [-0.2, 0) is 11.8 Å². The molecule has 20 heavy (non-hydrogen) atoms. The summed E-state index contributed by atoms with van der Waals surface area (Å²) >= 11 is 0. The van der Waals surface area contributed by atoms with Gasteiger partial charge in [-0.2, -0.15) is 0 Å². The molecule has 0 saturated heterocycles. The fraction of sp³-hybridized carbons (Fsp3) is 0.333. The fourth-order valence-electron chi connectivity index (χ4n) is 2.26. The van der Waals surface area contributed by atoms with Gasteiger partial charge >= 0.3 is 0 Å². The maximum atomic E-state index is 12.0. The first-order valence-electron chi connectivity index (χ1n) is 6.56. The van der Waals surface area contributed by atoms with Crippen molar-refractivity contribution in [1.29, 1.82) is 0 Å². The smallest absolute Gasteiger partial charge is 0.252 e. The van der Waals surface area contributed by atoms with Gasteiger partial charge in [0.05, 0.1) is 5.52 Å². The zero-order valence-corrected chi connectivity index (χ0v) is 11.9. The molecule has 2 aromatic rings. The molecule has 0 aliphatic carbocycles. The highest BCUT2D eigenvalue weighted by molar-refractivity contribution is 5.93. The Hall–Kier alpha value is -2.30. The number of hydrogen-bond donors (Lipinski definition) is 2. The Bertz CT molecular complexity index is 704. The number of aromatic nitrogens is 1. The number of amides is 1. The highest BCUT2D eigenvalue weighted by Gasteiger charge is 2.20. The van der Waals surface area contributed by atoms with Crippen LogP contribution in [0.25, 0.3) is 10.9 Å². The third-order valence-electron chi connectivity index (χ3n) is 3.44. The average Bonchev–Trinajstić information content (AvgIpc) is 2.40. The second kappa shape index (κ2) is 5.36. The van der Waals surface area contributed by atoms with Crippen LogP contribution < -0.4 is 16.6 Å². The van der Waals surface area contributed by atoms with Crippen LogP contribution in [0, 0.1) is 5.92 Å². The molecule has 0 radical (unpaired) electrons. The topological polar surface area (TPSA) is 77.1 Å². The van der Waals surface area contributed by atoms with Crippen LogP contribution in [-0.4, -0.2) is 16.5 Å². The molecule has 0 aliphatic rings. The van der Waals surface area contributed by atoms with Crippen LogP contribution >= 0.6 is 0 Å². The molecule has 5 nitrogen and oxygen atoms in total. The zero-order valence-electron chi connectivity index (χ0n) is 11.9. The summed E-state index contributed by atoms with van der Waals surface area (Å²) in [5, 5.41) is 3.99. The summed E-state index contributed by atoms with van der Waals surface area (Å²) < 4.78 is 1.58. The van der Waals surface area contributed by atoms with Crippen LogP contribution in [0.2, 0.25) is 0 Å². The summed E-state index contributed by atoms with van der Waals surface area (Å²) in [6.07, 6.45) is 0. The lowest BCUT2D eigenvalue weighted by molar-refractivity contribution is -0.119. The van der Waals surface area contributed by atoms with Gasteiger partial charge in [-0.05, 0) is 12.0 Å². The maximum absolute atomic E-state index is 12.0. The predicted molar refractivity (Wildman–Crippen MR) is 80.6 cm³/mol. The zero-order chi connectivity index (χ0) is 14.9. The lowest BCUT2D eigenvalue weighted by Crippen LogP contribution is -2.40. The van der Waals surface area contributed by atoms with Crippen molar-refractivity contribution in [1.82, 2.24) is 4.57 Å². The van der Waals surface area contributed by atoms with E-state index in [9.17, 15) is 9.59 Å². The Morgan fingerprint density at radius 3 is 2.55 bits per heavy atom. The molecule has 106 valence electrons. The minimum atomic E-state index is -0.509. The van der Waals surface area contributed by atoms with Crippen LogP contribution in [0.3, 0.4) is 0 Å². The van der Waals surface area contributed by atoms with Gasteiger partial charge < -0.3 is 15.6 Å². The number of nitrogens with two attached hydrogens (primary N) is 1. The second-order valence-electron chi connectivity index (χ2n) is 5.24. The van der Waals surface area contributed by atoms with Crippen molar-refractivity contribution in [2.75, 3.05) is 5.32 Å². The summed E-state index contributed by atoms with van der Waals surface area (Å²) in [5.74, 6) is -0.389. The first-order chi connectivity index (χ1) is 9.41. The molecule has 0 spiro atoms. The quantitative estimate of drug-likeness (QED) is 0.885. The van der Waals surface area contributed by atoms with Gasteiger partial charge in [0.1, 0.15) is 6.04 Å². The molecule has 1 heterocycles. The van der Waals surface area contributed by atoms with Gasteiger partial charge in [0.25, 0.3) is 5.56 Å².